The lowest BCUT2D eigenvalue weighted by atomic mass is 10.1. The minimum absolute atomic E-state index is 0. The average Bonchev–Trinajstić information content (AvgIpc) is 3.37. The van der Waals surface area contributed by atoms with Gasteiger partial charge in [0.2, 0.25) is 0 Å². The Hall–Kier alpha value is -1.82. The predicted molar refractivity (Wildman–Crippen MR) is 122 cm³/mol. The van der Waals surface area contributed by atoms with Crippen molar-refractivity contribution in [1.82, 2.24) is 25.4 Å². The monoisotopic (exact) mass is 534 g/mol. The van der Waals surface area contributed by atoms with Crippen LogP contribution in [0.1, 0.15) is 37.7 Å². The summed E-state index contributed by atoms with van der Waals surface area (Å²) in [5.74, 6) is 0.719. The van der Waals surface area contributed by atoms with Crippen LogP contribution in [0.4, 0.5) is 8.78 Å². The van der Waals surface area contributed by atoms with Crippen molar-refractivity contribution in [1.29, 1.82) is 0 Å². The van der Waals surface area contributed by atoms with Crippen LogP contribution in [0.15, 0.2) is 29.5 Å². The van der Waals surface area contributed by atoms with E-state index >= 15 is 0 Å². The molecule has 1 saturated heterocycles. The van der Waals surface area contributed by atoms with E-state index < -0.39 is 11.6 Å². The number of aliphatic imine (C=N–C) groups is 1. The number of guanidine groups is 1. The van der Waals surface area contributed by atoms with Gasteiger partial charge in [0.15, 0.2) is 5.96 Å². The van der Waals surface area contributed by atoms with E-state index in [1.165, 1.54) is 12.1 Å². The number of aryl methyl sites for hydroxylation is 1. The molecule has 2 atom stereocenters. The highest BCUT2D eigenvalue weighted by atomic mass is 127. The first-order chi connectivity index (χ1) is 14.1. The van der Waals surface area contributed by atoms with E-state index in [1.807, 2.05) is 18.4 Å². The summed E-state index contributed by atoms with van der Waals surface area (Å²) in [5, 5.41) is 14.5. The third kappa shape index (κ3) is 6.86. The molecule has 0 aliphatic carbocycles. The maximum atomic E-state index is 14.1. The fraction of sp³-hybridized carbons (Fsp3) is 0.550. The standard InChI is InChI=1S/C20H28F2N6O.HI/c1-3-19-27-25-13-28(19)8-7-23-20(24-11-15-6-9-29-12-15)26-14(2)17-5-4-16(21)10-18(17)22;/h4-5,10,13-15H,3,6-9,11-12H2,1-2H3,(H2,23,24,26);1H. The zero-order valence-corrected chi connectivity index (χ0v) is 19.6. The van der Waals surface area contributed by atoms with Crippen LogP contribution in [-0.4, -0.2) is 47.0 Å². The van der Waals surface area contributed by atoms with E-state index in [9.17, 15) is 8.78 Å². The van der Waals surface area contributed by atoms with E-state index in [1.54, 1.807) is 6.33 Å². The number of aromatic nitrogens is 3. The quantitative estimate of drug-likeness (QED) is 0.310. The van der Waals surface area contributed by atoms with Gasteiger partial charge in [0.25, 0.3) is 0 Å². The van der Waals surface area contributed by atoms with Gasteiger partial charge >= 0.3 is 0 Å². The first-order valence-electron chi connectivity index (χ1n) is 10.0. The number of hydrogen-bond donors (Lipinski definition) is 2. The largest absolute Gasteiger partial charge is 0.381 e. The van der Waals surface area contributed by atoms with Crippen LogP contribution in [0.3, 0.4) is 0 Å². The number of rotatable bonds is 8. The van der Waals surface area contributed by atoms with Gasteiger partial charge in [-0.05, 0) is 19.4 Å². The topological polar surface area (TPSA) is 76.4 Å². The highest BCUT2D eigenvalue weighted by molar-refractivity contribution is 14.0. The van der Waals surface area contributed by atoms with Crippen molar-refractivity contribution in [3.8, 4) is 0 Å². The molecule has 1 aliphatic rings. The summed E-state index contributed by atoms with van der Waals surface area (Å²) in [6, 6.07) is 3.24. The lowest BCUT2D eigenvalue weighted by Gasteiger charge is -2.20. The molecule has 2 N–H and O–H groups in total. The summed E-state index contributed by atoms with van der Waals surface area (Å²) < 4.78 is 34.7. The molecule has 166 valence electrons. The highest BCUT2D eigenvalue weighted by Gasteiger charge is 2.17. The van der Waals surface area contributed by atoms with E-state index in [4.69, 9.17) is 4.74 Å². The molecule has 1 aromatic carbocycles. The molecule has 30 heavy (non-hydrogen) atoms. The van der Waals surface area contributed by atoms with Crippen molar-refractivity contribution in [2.24, 2.45) is 10.9 Å². The van der Waals surface area contributed by atoms with Crippen LogP contribution in [0.2, 0.25) is 0 Å². The van der Waals surface area contributed by atoms with Gasteiger partial charge in [0.1, 0.15) is 23.8 Å². The Morgan fingerprint density at radius 1 is 1.40 bits per heavy atom. The summed E-state index contributed by atoms with van der Waals surface area (Å²) >= 11 is 0. The van der Waals surface area contributed by atoms with Crippen LogP contribution in [-0.2, 0) is 17.7 Å². The molecule has 0 radical (unpaired) electrons. The zero-order valence-electron chi connectivity index (χ0n) is 17.3. The molecule has 3 rings (SSSR count). The maximum Gasteiger partial charge on any atom is 0.191 e. The van der Waals surface area contributed by atoms with Crippen LogP contribution >= 0.6 is 24.0 Å². The van der Waals surface area contributed by atoms with E-state index in [0.29, 0.717) is 43.7 Å². The third-order valence-corrected chi connectivity index (χ3v) is 4.97. The second-order valence-corrected chi connectivity index (χ2v) is 7.17. The Morgan fingerprint density at radius 3 is 2.93 bits per heavy atom. The van der Waals surface area contributed by atoms with Gasteiger partial charge in [-0.2, -0.15) is 0 Å². The van der Waals surface area contributed by atoms with Crippen LogP contribution in [0.5, 0.6) is 0 Å². The molecule has 0 bridgehead atoms. The average molecular weight is 534 g/mol. The van der Waals surface area contributed by atoms with Gasteiger partial charge in [0.05, 0.1) is 12.6 Å². The number of benzene rings is 1. The smallest absolute Gasteiger partial charge is 0.191 e. The molecular formula is C20H29F2IN6O. The minimum Gasteiger partial charge on any atom is -0.381 e. The van der Waals surface area contributed by atoms with Gasteiger partial charge < -0.3 is 19.9 Å². The van der Waals surface area contributed by atoms with E-state index in [0.717, 1.165) is 31.3 Å². The number of hydrogen-bond acceptors (Lipinski definition) is 4. The van der Waals surface area contributed by atoms with Gasteiger partial charge in [0, 0.05) is 50.2 Å². The van der Waals surface area contributed by atoms with Crippen molar-refractivity contribution in [2.45, 2.75) is 39.3 Å². The molecular weight excluding hydrogens is 505 g/mol. The van der Waals surface area contributed by atoms with Crippen molar-refractivity contribution < 1.29 is 13.5 Å². The van der Waals surface area contributed by atoms with Crippen molar-refractivity contribution >= 4 is 29.9 Å². The molecule has 2 aromatic rings. The fourth-order valence-corrected chi connectivity index (χ4v) is 3.27. The summed E-state index contributed by atoms with van der Waals surface area (Å²) in [7, 11) is 0. The molecule has 2 heterocycles. The molecule has 0 saturated carbocycles. The van der Waals surface area contributed by atoms with Crippen LogP contribution in [0.25, 0.3) is 0 Å². The zero-order chi connectivity index (χ0) is 20.6. The summed E-state index contributed by atoms with van der Waals surface area (Å²) in [6.45, 7) is 7.24. The molecule has 2 unspecified atom stereocenters. The normalized spacial score (nSPS) is 17.5. The molecule has 7 nitrogen and oxygen atoms in total. The Kier molecular flexibility index (Phi) is 9.89. The van der Waals surface area contributed by atoms with Crippen LogP contribution < -0.4 is 10.6 Å². The molecule has 0 spiro atoms. The second kappa shape index (κ2) is 12.1. The molecule has 1 fully saturated rings. The Bertz CT molecular complexity index is 825. The number of halogens is 3. The number of ether oxygens (including phenoxy) is 1. The Balaban J connectivity index is 0.00000320. The highest BCUT2D eigenvalue weighted by Crippen LogP contribution is 2.18. The van der Waals surface area contributed by atoms with Crippen LogP contribution in [0, 0.1) is 17.6 Å². The Morgan fingerprint density at radius 2 is 2.23 bits per heavy atom. The molecule has 0 amide bonds. The summed E-state index contributed by atoms with van der Waals surface area (Å²) in [6.07, 6.45) is 3.50. The van der Waals surface area contributed by atoms with Gasteiger partial charge in [-0.15, -0.1) is 34.2 Å². The third-order valence-electron chi connectivity index (χ3n) is 4.97. The first kappa shape index (κ1) is 24.4. The predicted octanol–water partition coefficient (Wildman–Crippen LogP) is 3.07. The SMILES string of the molecule is CCc1nncn1CCNC(=NCC1CCOC1)NC(C)c1ccc(F)cc1F.I. The minimum atomic E-state index is -0.590. The second-order valence-electron chi connectivity index (χ2n) is 7.17. The molecule has 1 aromatic heterocycles. The van der Waals surface area contributed by atoms with Gasteiger partial charge in [-0.3, -0.25) is 4.99 Å². The van der Waals surface area contributed by atoms with E-state index in [2.05, 4.69) is 25.8 Å². The summed E-state index contributed by atoms with van der Waals surface area (Å²) in [4.78, 5) is 4.66. The van der Waals surface area contributed by atoms with E-state index in [-0.39, 0.29) is 30.0 Å². The number of nitrogens with one attached hydrogen (secondary N) is 2. The lowest BCUT2D eigenvalue weighted by Crippen LogP contribution is -2.41. The Labute approximate surface area is 192 Å². The van der Waals surface area contributed by atoms with Crippen molar-refractivity contribution in [3.05, 3.63) is 47.5 Å². The van der Waals surface area contributed by atoms with Crippen molar-refractivity contribution in [3.63, 3.8) is 0 Å². The molecule has 10 heteroatoms. The summed E-state index contributed by atoms with van der Waals surface area (Å²) in [5.41, 5.74) is 0.386. The van der Waals surface area contributed by atoms with Gasteiger partial charge in [-0.1, -0.05) is 13.0 Å². The number of nitrogens with zero attached hydrogens (tertiary/aromatic N) is 4. The van der Waals surface area contributed by atoms with Gasteiger partial charge in [-0.25, -0.2) is 8.78 Å². The first-order valence-corrected chi connectivity index (χ1v) is 10.0. The lowest BCUT2D eigenvalue weighted by molar-refractivity contribution is 0.187. The van der Waals surface area contributed by atoms with Crippen molar-refractivity contribution in [2.75, 3.05) is 26.3 Å². The fourth-order valence-electron chi connectivity index (χ4n) is 3.27. The molecule has 1 aliphatic heterocycles. The maximum absolute atomic E-state index is 14.1.